The molecule has 1 aliphatic carbocycles. The summed E-state index contributed by atoms with van der Waals surface area (Å²) in [7, 11) is -4.35. The molecule has 0 bridgehead atoms. The second-order valence-corrected chi connectivity index (χ2v) is 11.9. The highest BCUT2D eigenvalue weighted by atomic mass is 32.3. The lowest BCUT2D eigenvalue weighted by atomic mass is 9.91. The van der Waals surface area contributed by atoms with Gasteiger partial charge in [0.1, 0.15) is 22.4 Å². The number of thioether (sulfide) groups is 1. The summed E-state index contributed by atoms with van der Waals surface area (Å²) in [4.78, 5) is 24.6. The summed E-state index contributed by atoms with van der Waals surface area (Å²) in [5.41, 5.74) is -3.11. The molecule has 15 heteroatoms. The van der Waals surface area contributed by atoms with Gasteiger partial charge < -0.3 is 19.7 Å². The van der Waals surface area contributed by atoms with E-state index in [2.05, 4.69) is 19.7 Å². The third-order valence-corrected chi connectivity index (χ3v) is 9.83. The number of rotatable bonds is 9. The van der Waals surface area contributed by atoms with E-state index in [0.717, 1.165) is 11.8 Å². The zero-order chi connectivity index (χ0) is 27.1. The number of halogens is 3. The molecule has 1 aromatic carbocycles. The van der Waals surface area contributed by atoms with Gasteiger partial charge in [-0.3, -0.25) is 4.79 Å². The second kappa shape index (κ2) is 9.68. The van der Waals surface area contributed by atoms with Crippen molar-refractivity contribution >= 4 is 38.8 Å². The highest BCUT2D eigenvalue weighted by molar-refractivity contribution is 8.18. The van der Waals surface area contributed by atoms with Crippen molar-refractivity contribution in [3.63, 3.8) is 0 Å². The Labute approximate surface area is 213 Å². The number of nitrogens with one attached hydrogen (secondary N) is 2. The number of aromatic nitrogens is 1. The largest absolute Gasteiger partial charge is 0.480 e. The molecule has 200 valence electrons. The molecule has 3 atom stereocenters. The first kappa shape index (κ1) is 27.0. The number of carboxylic acids is 1. The monoisotopic (exact) mass is 561 g/mol. The van der Waals surface area contributed by atoms with Crippen molar-refractivity contribution in [1.29, 1.82) is 0 Å². The molecular formula is C22H22F3N3O7S2. The average molecular weight is 562 g/mol. The summed E-state index contributed by atoms with van der Waals surface area (Å²) in [6, 6.07) is 8.91. The number of carboxylic acid groups (broad SMARTS) is 1. The Kier molecular flexibility index (Phi) is 7.07. The summed E-state index contributed by atoms with van der Waals surface area (Å²) in [6.45, 7) is 1.54. The number of nitrogens with zero attached hydrogens (tertiary/aromatic N) is 1. The second-order valence-electron chi connectivity index (χ2n) is 8.51. The number of aliphatic carboxylic acids is 1. The van der Waals surface area contributed by atoms with Crippen LogP contribution in [0.15, 0.2) is 47.0 Å². The van der Waals surface area contributed by atoms with Crippen LogP contribution < -0.4 is 10.0 Å². The summed E-state index contributed by atoms with van der Waals surface area (Å²) in [5.74, 6) is -2.78. The van der Waals surface area contributed by atoms with E-state index in [9.17, 15) is 36.3 Å². The van der Waals surface area contributed by atoms with Crippen LogP contribution in [0.3, 0.4) is 0 Å². The summed E-state index contributed by atoms with van der Waals surface area (Å²) >= 11 is 0.728. The lowest BCUT2D eigenvalue weighted by Crippen LogP contribution is -2.52. The minimum absolute atomic E-state index is 0.104. The highest BCUT2D eigenvalue weighted by Gasteiger charge is 2.75. The Morgan fingerprint density at radius 3 is 2.59 bits per heavy atom. The molecule has 0 saturated heterocycles. The van der Waals surface area contributed by atoms with E-state index in [1.54, 1.807) is 37.3 Å². The SMILES string of the molecule is CCNC(=O)OCC1(c2ccccc2)CC1(NS(=O)(=O)C1CC=C(c2cc(C(F)(F)F)on2)S1)C(=O)O. The standard InChI is InChI=1S/C22H22F3N3O7S2/c1-2-26-19(31)34-12-20(13-6-4-3-5-7-13)11-21(20,18(29)30)28-37(32,33)17-9-8-15(36-17)14-10-16(35-27-14)22(23,24)25/h3-8,10,17,28H,2,9,11-12H2,1H3,(H,26,31)(H,29,30). The number of amides is 1. The van der Waals surface area contributed by atoms with Gasteiger partial charge in [0.2, 0.25) is 15.8 Å². The van der Waals surface area contributed by atoms with Crippen LogP contribution in [0.5, 0.6) is 0 Å². The number of sulfonamides is 1. The zero-order valence-electron chi connectivity index (χ0n) is 19.2. The van der Waals surface area contributed by atoms with E-state index in [0.29, 0.717) is 11.6 Å². The molecule has 1 aliphatic heterocycles. The average Bonchev–Trinajstić information content (AvgIpc) is 3.21. The molecule has 1 aromatic heterocycles. The minimum Gasteiger partial charge on any atom is -0.480 e. The number of ether oxygens (including phenoxy) is 1. The number of alkyl halides is 3. The molecule has 1 amide bonds. The minimum atomic E-state index is -4.75. The van der Waals surface area contributed by atoms with Crippen molar-refractivity contribution in [2.24, 2.45) is 0 Å². The molecule has 3 unspecified atom stereocenters. The van der Waals surface area contributed by atoms with Crippen molar-refractivity contribution in [2.45, 2.75) is 41.5 Å². The number of hydrogen-bond acceptors (Lipinski definition) is 8. The zero-order valence-corrected chi connectivity index (χ0v) is 20.9. The Hall–Kier alpha value is -3.04. The number of benzene rings is 1. The molecule has 0 radical (unpaired) electrons. The Morgan fingerprint density at radius 1 is 1.30 bits per heavy atom. The maximum atomic E-state index is 13.3. The smallest absolute Gasteiger partial charge is 0.452 e. The van der Waals surface area contributed by atoms with Crippen LogP contribution >= 0.6 is 11.8 Å². The van der Waals surface area contributed by atoms with Crippen LogP contribution in [0.1, 0.15) is 36.8 Å². The number of carbonyl (C=O) groups excluding carboxylic acids is 1. The third kappa shape index (κ3) is 5.07. The van der Waals surface area contributed by atoms with Crippen molar-refractivity contribution in [1.82, 2.24) is 15.2 Å². The van der Waals surface area contributed by atoms with Crippen molar-refractivity contribution in [2.75, 3.05) is 13.2 Å². The van der Waals surface area contributed by atoms with Crippen LogP contribution in [0.25, 0.3) is 4.91 Å². The fourth-order valence-corrected chi connectivity index (χ4v) is 7.41. The van der Waals surface area contributed by atoms with E-state index < -0.39 is 56.2 Å². The quantitative estimate of drug-likeness (QED) is 0.419. The fourth-order valence-electron chi connectivity index (χ4n) is 4.24. The molecule has 4 rings (SSSR count). The van der Waals surface area contributed by atoms with Crippen LogP contribution in [0.4, 0.5) is 18.0 Å². The van der Waals surface area contributed by atoms with Gasteiger partial charge in [-0.1, -0.05) is 41.6 Å². The first-order chi connectivity index (χ1) is 17.3. The predicted octanol–water partition coefficient (Wildman–Crippen LogP) is 3.33. The predicted molar refractivity (Wildman–Crippen MR) is 126 cm³/mol. The van der Waals surface area contributed by atoms with Crippen LogP contribution in [-0.2, 0) is 31.1 Å². The summed E-state index contributed by atoms with van der Waals surface area (Å²) < 4.78 is 75.8. The summed E-state index contributed by atoms with van der Waals surface area (Å²) in [6.07, 6.45) is -4.42. The van der Waals surface area contributed by atoms with Gasteiger partial charge in [-0.25, -0.2) is 13.2 Å². The van der Waals surface area contributed by atoms with Gasteiger partial charge in [0.15, 0.2) is 0 Å². The molecule has 37 heavy (non-hydrogen) atoms. The van der Waals surface area contributed by atoms with E-state index in [-0.39, 0.29) is 30.0 Å². The Balaban J connectivity index is 1.56. The number of carbonyl (C=O) groups is 2. The van der Waals surface area contributed by atoms with E-state index in [4.69, 9.17) is 4.74 Å². The van der Waals surface area contributed by atoms with Crippen molar-refractivity contribution in [3.05, 3.63) is 59.5 Å². The van der Waals surface area contributed by atoms with Crippen molar-refractivity contribution < 1.29 is 45.5 Å². The topological polar surface area (TPSA) is 148 Å². The molecule has 2 aliphatic rings. The maximum Gasteiger partial charge on any atom is 0.452 e. The lowest BCUT2D eigenvalue weighted by molar-refractivity contribution is -0.155. The Bertz CT molecular complexity index is 1330. The van der Waals surface area contributed by atoms with Crippen molar-refractivity contribution in [3.8, 4) is 0 Å². The van der Waals surface area contributed by atoms with Gasteiger partial charge in [0.25, 0.3) is 0 Å². The molecule has 0 spiro atoms. The molecule has 1 saturated carbocycles. The Morgan fingerprint density at radius 2 is 2.00 bits per heavy atom. The molecule has 10 nitrogen and oxygen atoms in total. The fraction of sp³-hybridized carbons (Fsp3) is 0.409. The number of alkyl carbamates (subject to hydrolysis) is 1. The van der Waals surface area contributed by atoms with Crippen LogP contribution in [-0.4, -0.2) is 54.0 Å². The van der Waals surface area contributed by atoms with Gasteiger partial charge in [-0.2, -0.15) is 17.9 Å². The first-order valence-electron chi connectivity index (χ1n) is 11.0. The van der Waals surface area contributed by atoms with Gasteiger partial charge >= 0.3 is 18.2 Å². The van der Waals surface area contributed by atoms with E-state index in [1.807, 2.05) is 0 Å². The molecule has 2 heterocycles. The first-order valence-corrected chi connectivity index (χ1v) is 13.4. The number of allylic oxidation sites excluding steroid dienone is 1. The highest BCUT2D eigenvalue weighted by Crippen LogP contribution is 2.59. The van der Waals surface area contributed by atoms with Crippen LogP contribution in [0.2, 0.25) is 0 Å². The van der Waals surface area contributed by atoms with Gasteiger partial charge in [0, 0.05) is 17.5 Å². The normalized spacial score (nSPS) is 25.4. The summed E-state index contributed by atoms with van der Waals surface area (Å²) in [5, 5.41) is 16.0. The number of hydrogen-bond donors (Lipinski definition) is 3. The molecule has 2 aromatic rings. The molecule has 1 fully saturated rings. The van der Waals surface area contributed by atoms with Gasteiger partial charge in [-0.05, 0) is 25.3 Å². The molecule has 3 N–H and O–H groups in total. The maximum absolute atomic E-state index is 13.3. The van der Waals surface area contributed by atoms with E-state index in [1.165, 1.54) is 6.08 Å². The van der Waals surface area contributed by atoms with Gasteiger partial charge in [-0.15, -0.1) is 11.8 Å². The molecular weight excluding hydrogens is 539 g/mol. The lowest BCUT2D eigenvalue weighted by Gasteiger charge is -2.25. The third-order valence-electron chi connectivity index (χ3n) is 6.18. The van der Waals surface area contributed by atoms with Crippen LogP contribution in [0, 0.1) is 0 Å². The van der Waals surface area contributed by atoms with Gasteiger partial charge in [0.05, 0.1) is 5.41 Å². The van der Waals surface area contributed by atoms with E-state index >= 15 is 0 Å².